The van der Waals surface area contributed by atoms with Gasteiger partial charge in [0, 0.05) is 18.7 Å². The second-order valence-corrected chi connectivity index (χ2v) is 22.4. The van der Waals surface area contributed by atoms with Gasteiger partial charge in [-0.2, -0.15) is 0 Å². The number of hydrogen-bond donors (Lipinski definition) is 1. The van der Waals surface area contributed by atoms with Gasteiger partial charge in [0.2, 0.25) is 0 Å². The van der Waals surface area contributed by atoms with E-state index < -0.39 is 39.7 Å². The van der Waals surface area contributed by atoms with Crippen molar-refractivity contribution < 1.29 is 13.6 Å². The van der Waals surface area contributed by atoms with Gasteiger partial charge in [-0.25, -0.2) is 4.79 Å². The maximum Gasteiger partial charge on any atom is 0.330 e. The van der Waals surface area contributed by atoms with Gasteiger partial charge in [0.05, 0.1) is 12.7 Å². The van der Waals surface area contributed by atoms with Crippen LogP contribution in [0.1, 0.15) is 68.0 Å². The van der Waals surface area contributed by atoms with Crippen LogP contribution in [0, 0.1) is 5.92 Å². The number of aromatic nitrogens is 2. The topological polar surface area (TPSA) is 82.5 Å². The van der Waals surface area contributed by atoms with E-state index >= 15 is 0 Å². The molecule has 1 unspecified atom stereocenters. The molecule has 0 bridgehead atoms. The predicted octanol–water partition coefficient (Wildman–Crippen LogP) is 5.26. The van der Waals surface area contributed by atoms with Gasteiger partial charge in [0.25, 0.3) is 5.56 Å². The molecule has 1 N–H and O–H groups in total. The van der Waals surface area contributed by atoms with Crippen molar-refractivity contribution in [2.75, 3.05) is 6.61 Å². The average Bonchev–Trinajstić information content (AvgIpc) is 2.97. The summed E-state index contributed by atoms with van der Waals surface area (Å²) in [5, 5.41) is 0.0950. The number of ether oxygens (including phenoxy) is 1. The fourth-order valence-electron chi connectivity index (χ4n) is 3.58. The Hall–Kier alpha value is -1.01. The van der Waals surface area contributed by atoms with E-state index in [4.69, 9.17) is 13.6 Å². The van der Waals surface area contributed by atoms with E-state index in [1.807, 2.05) is 0 Å². The number of hydrogen-bond acceptors (Lipinski definition) is 5. The normalized spacial score (nSPS) is 25.1. The minimum atomic E-state index is -2.14. The molecule has 9 heteroatoms. The first-order valence-electron chi connectivity index (χ1n) is 12.0. The minimum Gasteiger partial charge on any atom is -0.414 e. The highest BCUT2D eigenvalue weighted by molar-refractivity contribution is 6.74. The summed E-state index contributed by atoms with van der Waals surface area (Å²) < 4.78 is 21.9. The first-order valence-corrected chi connectivity index (χ1v) is 17.9. The Balaban J connectivity index is 2.52. The number of nitrogens with zero attached hydrogens (tertiary/aromatic N) is 1. The molecule has 33 heavy (non-hydrogen) atoms. The molecule has 0 spiro atoms. The molecule has 2 rings (SSSR count). The molecule has 0 saturated carbocycles. The Bertz CT molecular complexity index is 940. The van der Waals surface area contributed by atoms with Crippen molar-refractivity contribution >= 4 is 16.6 Å². The van der Waals surface area contributed by atoms with Crippen molar-refractivity contribution in [3.63, 3.8) is 0 Å². The maximum atomic E-state index is 12.6. The van der Waals surface area contributed by atoms with E-state index in [-0.39, 0.29) is 22.1 Å². The third kappa shape index (κ3) is 5.81. The Morgan fingerprint density at radius 3 is 2.09 bits per heavy atom. The highest BCUT2D eigenvalue weighted by atomic mass is 28.4. The molecule has 1 saturated heterocycles. The van der Waals surface area contributed by atoms with E-state index in [0.29, 0.717) is 13.0 Å². The Morgan fingerprint density at radius 2 is 1.64 bits per heavy atom. The predicted molar refractivity (Wildman–Crippen MR) is 139 cm³/mol. The molecule has 3 atom stereocenters. The van der Waals surface area contributed by atoms with Gasteiger partial charge >= 0.3 is 5.69 Å². The fourth-order valence-corrected chi connectivity index (χ4v) is 5.96. The van der Waals surface area contributed by atoms with E-state index in [0.717, 1.165) is 0 Å². The zero-order chi connectivity index (χ0) is 25.6. The Labute approximate surface area is 201 Å². The lowest BCUT2D eigenvalue weighted by Gasteiger charge is -2.46. The lowest BCUT2D eigenvalue weighted by Crippen LogP contribution is -2.57. The minimum absolute atomic E-state index is 0.0307. The van der Waals surface area contributed by atoms with Crippen LogP contribution in [0.4, 0.5) is 0 Å². The SMILES string of the molecule is CC(C)[C@]1(CO[Si](C)(C)C(C)(C)C)O[C@@H](n2ccc(=O)[nH]c2=O)CC1O[Si](C)(C)C(C)(C)C. The molecule has 1 aliphatic rings. The Morgan fingerprint density at radius 1 is 1.09 bits per heavy atom. The molecule has 1 aromatic rings. The van der Waals surface area contributed by atoms with Crippen molar-refractivity contribution in [1.82, 2.24) is 9.55 Å². The maximum absolute atomic E-state index is 12.6. The molecule has 0 aliphatic carbocycles. The summed E-state index contributed by atoms with van der Waals surface area (Å²) in [4.78, 5) is 26.5. The second kappa shape index (κ2) is 9.22. The lowest BCUT2D eigenvalue weighted by atomic mass is 9.86. The van der Waals surface area contributed by atoms with Crippen molar-refractivity contribution in [1.29, 1.82) is 0 Å². The molecule has 1 fully saturated rings. The van der Waals surface area contributed by atoms with Gasteiger partial charge < -0.3 is 13.6 Å². The van der Waals surface area contributed by atoms with Crippen LogP contribution in [0.5, 0.6) is 0 Å². The summed E-state index contributed by atoms with van der Waals surface area (Å²) in [6, 6.07) is 1.36. The van der Waals surface area contributed by atoms with Gasteiger partial charge in [0.1, 0.15) is 11.8 Å². The van der Waals surface area contributed by atoms with Crippen LogP contribution in [0.25, 0.3) is 0 Å². The number of nitrogens with one attached hydrogen (secondary N) is 1. The van der Waals surface area contributed by atoms with E-state index in [1.54, 1.807) is 0 Å². The first kappa shape index (κ1) is 28.2. The summed E-state index contributed by atoms with van der Waals surface area (Å²) in [5.41, 5.74) is -1.59. The molecule has 2 heterocycles. The van der Waals surface area contributed by atoms with Gasteiger partial charge in [-0.3, -0.25) is 14.3 Å². The van der Waals surface area contributed by atoms with Crippen LogP contribution in [0.3, 0.4) is 0 Å². The molecular weight excluding hydrogens is 452 g/mol. The molecule has 0 aromatic carbocycles. The number of rotatable bonds is 7. The van der Waals surface area contributed by atoms with Gasteiger partial charge in [-0.15, -0.1) is 0 Å². The van der Waals surface area contributed by atoms with Gasteiger partial charge in [-0.05, 0) is 42.2 Å². The van der Waals surface area contributed by atoms with Crippen molar-refractivity contribution in [2.24, 2.45) is 5.92 Å². The highest BCUT2D eigenvalue weighted by Crippen LogP contribution is 2.48. The highest BCUT2D eigenvalue weighted by Gasteiger charge is 2.56. The van der Waals surface area contributed by atoms with Crippen LogP contribution < -0.4 is 11.2 Å². The van der Waals surface area contributed by atoms with E-state index in [2.05, 4.69) is 86.6 Å². The summed E-state index contributed by atoms with van der Waals surface area (Å²) in [6.45, 7) is 27.0. The van der Waals surface area contributed by atoms with Crippen LogP contribution >= 0.6 is 0 Å². The average molecular weight is 499 g/mol. The fraction of sp³-hybridized carbons (Fsp3) is 0.833. The van der Waals surface area contributed by atoms with Crippen molar-refractivity contribution in [3.8, 4) is 0 Å². The molecule has 190 valence electrons. The largest absolute Gasteiger partial charge is 0.414 e. The zero-order valence-corrected chi connectivity index (χ0v) is 24.8. The molecule has 0 amide bonds. The third-order valence-corrected chi connectivity index (χ3v) is 17.1. The van der Waals surface area contributed by atoms with E-state index in [1.165, 1.54) is 16.8 Å². The Kier molecular flexibility index (Phi) is 7.89. The molecule has 7 nitrogen and oxygen atoms in total. The third-order valence-electron chi connectivity index (χ3n) is 8.16. The standard InChI is InChI=1S/C24H46N2O5Si2/c1-17(2)24(16-29-32(9,10)22(3,4)5)18(31-33(11,12)23(6,7)8)15-20(30-24)26-14-13-19(27)25-21(26)28/h13-14,17-18,20H,15-16H2,1-12H3,(H,25,27,28)/t18?,20-,24+/m1/s1. The second-order valence-electron chi connectivity index (χ2n) is 12.9. The van der Waals surface area contributed by atoms with Gasteiger partial charge in [-0.1, -0.05) is 55.4 Å². The molecule has 1 aliphatic heterocycles. The monoisotopic (exact) mass is 498 g/mol. The van der Waals surface area contributed by atoms with Crippen LogP contribution in [-0.2, 0) is 13.6 Å². The van der Waals surface area contributed by atoms with Crippen molar-refractivity contribution in [3.05, 3.63) is 33.1 Å². The summed E-state index contributed by atoms with van der Waals surface area (Å²) in [7, 11) is -4.19. The number of aromatic amines is 1. The molecule has 0 radical (unpaired) electrons. The summed E-state index contributed by atoms with van der Waals surface area (Å²) >= 11 is 0. The molecular formula is C24H46N2O5Si2. The number of H-pyrrole nitrogens is 1. The van der Waals surface area contributed by atoms with Gasteiger partial charge in [0.15, 0.2) is 16.6 Å². The van der Waals surface area contributed by atoms with E-state index in [9.17, 15) is 9.59 Å². The molecule has 1 aromatic heterocycles. The summed E-state index contributed by atoms with van der Waals surface area (Å²) in [6.07, 6.45) is 1.28. The lowest BCUT2D eigenvalue weighted by molar-refractivity contribution is -0.147. The van der Waals surface area contributed by atoms with Crippen LogP contribution in [0.2, 0.25) is 36.3 Å². The first-order chi connectivity index (χ1) is 14.7. The van der Waals surface area contributed by atoms with Crippen LogP contribution in [0.15, 0.2) is 21.9 Å². The van der Waals surface area contributed by atoms with Crippen LogP contribution in [-0.4, -0.2) is 44.5 Å². The zero-order valence-electron chi connectivity index (χ0n) is 22.8. The quantitative estimate of drug-likeness (QED) is 0.518. The summed E-state index contributed by atoms with van der Waals surface area (Å²) in [5.74, 6) is 0.0977. The van der Waals surface area contributed by atoms with Crippen molar-refractivity contribution in [2.45, 2.75) is 116 Å². The smallest absolute Gasteiger partial charge is 0.330 e.